The molecule has 2 rings (SSSR count). The van der Waals surface area contributed by atoms with Gasteiger partial charge in [-0.05, 0) is 16.8 Å². The van der Waals surface area contributed by atoms with E-state index in [1.165, 1.54) is 51.4 Å². The summed E-state index contributed by atoms with van der Waals surface area (Å²) in [5, 5.41) is 14.8. The van der Waals surface area contributed by atoms with Gasteiger partial charge in [-0.25, -0.2) is 0 Å². The summed E-state index contributed by atoms with van der Waals surface area (Å²) in [6.07, 6.45) is 14.0. The maximum atomic E-state index is 4.12. The number of unbranched alkanes of at least 4 members (excludes halogenated alkanes) is 7. The third kappa shape index (κ3) is 4.43. The van der Waals surface area contributed by atoms with Gasteiger partial charge >= 0.3 is 0 Å². The Bertz CT molecular complexity index is 495. The molecule has 0 amide bonds. The summed E-state index contributed by atoms with van der Waals surface area (Å²) in [6.45, 7) is 3.20. The fourth-order valence-corrected chi connectivity index (χ4v) is 2.27. The zero-order valence-corrected chi connectivity index (χ0v) is 12.3. The van der Waals surface area contributed by atoms with Gasteiger partial charge in [0.1, 0.15) is 5.82 Å². The molecule has 0 saturated carbocycles. The molecule has 2 aromatic heterocycles. The molecule has 6 nitrogen and oxygen atoms in total. The van der Waals surface area contributed by atoms with E-state index in [9.17, 15) is 0 Å². The molecular weight excluding hydrogens is 252 g/mol. The summed E-state index contributed by atoms with van der Waals surface area (Å²) in [7, 11) is 0. The normalized spacial score (nSPS) is 11.1. The standard InChI is InChI=1S/C14H24N6/c1-2-3-4-5-6-7-8-9-10-16-13-11-15-12-14-17-18-19-20(13)14/h11-12,16H,2-10H2,1H3. The molecule has 6 heteroatoms. The zero-order valence-electron chi connectivity index (χ0n) is 12.3. The van der Waals surface area contributed by atoms with Crippen LogP contribution < -0.4 is 5.32 Å². The van der Waals surface area contributed by atoms with E-state index in [0.29, 0.717) is 5.65 Å². The number of tetrazole rings is 1. The lowest BCUT2D eigenvalue weighted by Gasteiger charge is -2.06. The van der Waals surface area contributed by atoms with Crippen molar-refractivity contribution in [1.29, 1.82) is 0 Å². The first-order valence-electron chi connectivity index (χ1n) is 7.68. The van der Waals surface area contributed by atoms with E-state index in [1.54, 1.807) is 16.9 Å². The monoisotopic (exact) mass is 276 g/mol. The minimum absolute atomic E-state index is 0.672. The predicted octanol–water partition coefficient (Wildman–Crippen LogP) is 3.07. The molecule has 0 aliphatic heterocycles. The molecule has 0 aliphatic carbocycles. The molecule has 0 saturated heterocycles. The van der Waals surface area contributed by atoms with Gasteiger partial charge in [-0.15, -0.1) is 5.10 Å². The van der Waals surface area contributed by atoms with Crippen molar-refractivity contribution in [2.75, 3.05) is 11.9 Å². The lowest BCUT2D eigenvalue weighted by atomic mass is 10.1. The maximum absolute atomic E-state index is 4.12. The molecule has 2 heterocycles. The Morgan fingerprint density at radius 1 is 1.00 bits per heavy atom. The van der Waals surface area contributed by atoms with Crippen molar-refractivity contribution in [1.82, 2.24) is 25.0 Å². The molecule has 0 aromatic carbocycles. The Morgan fingerprint density at radius 3 is 2.55 bits per heavy atom. The molecule has 0 bridgehead atoms. The fraction of sp³-hybridized carbons (Fsp3) is 0.714. The van der Waals surface area contributed by atoms with E-state index in [1.807, 2.05) is 0 Å². The van der Waals surface area contributed by atoms with Gasteiger partial charge < -0.3 is 5.32 Å². The third-order valence-electron chi connectivity index (χ3n) is 3.45. The quantitative estimate of drug-likeness (QED) is 0.675. The largest absolute Gasteiger partial charge is 0.369 e. The second-order valence-corrected chi connectivity index (χ2v) is 5.14. The van der Waals surface area contributed by atoms with Crippen LogP contribution in [0.25, 0.3) is 5.65 Å². The summed E-state index contributed by atoms with van der Waals surface area (Å²) in [5.41, 5.74) is 0.672. The van der Waals surface area contributed by atoms with Gasteiger partial charge in [-0.3, -0.25) is 4.98 Å². The summed E-state index contributed by atoms with van der Waals surface area (Å²) in [5.74, 6) is 0.857. The highest BCUT2D eigenvalue weighted by Crippen LogP contribution is 2.09. The number of hydrogen-bond donors (Lipinski definition) is 1. The molecule has 0 spiro atoms. The molecule has 0 radical (unpaired) electrons. The number of fused-ring (bicyclic) bond motifs is 1. The van der Waals surface area contributed by atoms with Crippen LogP contribution in [0, 0.1) is 0 Å². The highest BCUT2D eigenvalue weighted by atomic mass is 15.5. The topological polar surface area (TPSA) is 68.0 Å². The van der Waals surface area contributed by atoms with E-state index in [-0.39, 0.29) is 0 Å². The molecular formula is C14H24N6. The third-order valence-corrected chi connectivity index (χ3v) is 3.45. The SMILES string of the molecule is CCCCCCCCCCNc1cncc2nnnn12. The van der Waals surface area contributed by atoms with Gasteiger partial charge in [-0.1, -0.05) is 51.9 Å². The number of rotatable bonds is 10. The predicted molar refractivity (Wildman–Crippen MR) is 79.7 cm³/mol. The number of nitrogens with zero attached hydrogens (tertiary/aromatic N) is 5. The van der Waals surface area contributed by atoms with Crippen molar-refractivity contribution >= 4 is 11.5 Å². The first kappa shape index (κ1) is 14.7. The lowest BCUT2D eigenvalue weighted by molar-refractivity contribution is 0.580. The molecule has 0 fully saturated rings. The van der Waals surface area contributed by atoms with Crippen molar-refractivity contribution in [3.05, 3.63) is 12.4 Å². The molecule has 0 unspecified atom stereocenters. The Morgan fingerprint density at radius 2 is 1.75 bits per heavy atom. The van der Waals surface area contributed by atoms with Crippen molar-refractivity contribution in [3.8, 4) is 0 Å². The second kappa shape index (κ2) is 8.45. The molecule has 0 atom stereocenters. The van der Waals surface area contributed by atoms with Crippen molar-refractivity contribution in [2.45, 2.75) is 58.3 Å². The van der Waals surface area contributed by atoms with Crippen LogP contribution >= 0.6 is 0 Å². The van der Waals surface area contributed by atoms with Crippen LogP contribution in [0.3, 0.4) is 0 Å². The van der Waals surface area contributed by atoms with Gasteiger partial charge in [0.2, 0.25) is 0 Å². The molecule has 2 aromatic rings. The number of hydrogen-bond acceptors (Lipinski definition) is 5. The van der Waals surface area contributed by atoms with E-state index >= 15 is 0 Å². The first-order chi connectivity index (χ1) is 9.92. The van der Waals surface area contributed by atoms with Crippen LogP contribution in [0.2, 0.25) is 0 Å². The molecule has 110 valence electrons. The van der Waals surface area contributed by atoms with Crippen LogP contribution in [-0.2, 0) is 0 Å². The van der Waals surface area contributed by atoms with Gasteiger partial charge in [0, 0.05) is 6.54 Å². The Kier molecular flexibility index (Phi) is 6.20. The average molecular weight is 276 g/mol. The fourth-order valence-electron chi connectivity index (χ4n) is 2.27. The minimum Gasteiger partial charge on any atom is -0.369 e. The maximum Gasteiger partial charge on any atom is 0.199 e. The summed E-state index contributed by atoms with van der Waals surface area (Å²) >= 11 is 0. The first-order valence-corrected chi connectivity index (χ1v) is 7.68. The minimum atomic E-state index is 0.672. The van der Waals surface area contributed by atoms with E-state index in [0.717, 1.165) is 12.4 Å². The van der Waals surface area contributed by atoms with Crippen molar-refractivity contribution < 1.29 is 0 Å². The summed E-state index contributed by atoms with van der Waals surface area (Å²) in [6, 6.07) is 0. The molecule has 0 aliphatic rings. The Labute approximate surface area is 120 Å². The van der Waals surface area contributed by atoms with E-state index < -0.39 is 0 Å². The molecule has 1 N–H and O–H groups in total. The molecule has 20 heavy (non-hydrogen) atoms. The van der Waals surface area contributed by atoms with Gasteiger partial charge in [0.15, 0.2) is 5.65 Å². The highest BCUT2D eigenvalue weighted by Gasteiger charge is 2.02. The van der Waals surface area contributed by atoms with Crippen LogP contribution in [0.1, 0.15) is 58.3 Å². The van der Waals surface area contributed by atoms with Crippen LogP contribution in [0.4, 0.5) is 5.82 Å². The van der Waals surface area contributed by atoms with Crippen LogP contribution in [-0.4, -0.2) is 31.6 Å². The van der Waals surface area contributed by atoms with Crippen molar-refractivity contribution in [2.24, 2.45) is 0 Å². The zero-order chi connectivity index (χ0) is 14.0. The van der Waals surface area contributed by atoms with E-state index in [4.69, 9.17) is 0 Å². The smallest absolute Gasteiger partial charge is 0.199 e. The highest BCUT2D eigenvalue weighted by molar-refractivity contribution is 5.43. The Hall–Kier alpha value is -1.72. The van der Waals surface area contributed by atoms with E-state index in [2.05, 4.69) is 32.7 Å². The van der Waals surface area contributed by atoms with Crippen molar-refractivity contribution in [3.63, 3.8) is 0 Å². The van der Waals surface area contributed by atoms with Gasteiger partial charge in [0.25, 0.3) is 0 Å². The number of nitrogens with one attached hydrogen (secondary N) is 1. The van der Waals surface area contributed by atoms with Crippen LogP contribution in [0.15, 0.2) is 12.4 Å². The van der Waals surface area contributed by atoms with Crippen LogP contribution in [0.5, 0.6) is 0 Å². The summed E-state index contributed by atoms with van der Waals surface area (Å²) < 4.78 is 1.68. The second-order valence-electron chi connectivity index (χ2n) is 5.14. The lowest BCUT2D eigenvalue weighted by Crippen LogP contribution is -2.07. The number of aromatic nitrogens is 5. The van der Waals surface area contributed by atoms with Gasteiger partial charge in [0.05, 0.1) is 12.4 Å². The Balaban J connectivity index is 1.58. The van der Waals surface area contributed by atoms with Gasteiger partial charge in [-0.2, -0.15) is 4.52 Å². The average Bonchev–Trinajstić information content (AvgIpc) is 2.95. The number of anilines is 1. The summed E-state index contributed by atoms with van der Waals surface area (Å²) in [4.78, 5) is 4.12.